The molecule has 2 heterocycles. The van der Waals surface area contributed by atoms with Gasteiger partial charge in [-0.15, -0.1) is 0 Å². The molecule has 2 saturated heterocycles. The monoisotopic (exact) mass is 184 g/mol. The molecule has 2 aliphatic heterocycles. The lowest BCUT2D eigenvalue weighted by Crippen LogP contribution is -2.55. The Bertz CT molecular complexity index is 208. The molecule has 2 atom stereocenters. The van der Waals surface area contributed by atoms with Crippen molar-refractivity contribution in [3.05, 3.63) is 0 Å². The first-order chi connectivity index (χ1) is 6.27. The largest absolute Gasteiger partial charge is 0.481 e. The maximum Gasteiger partial charge on any atom is 0.306 e. The average Bonchev–Trinajstić information content (AvgIpc) is 2.17. The van der Waals surface area contributed by atoms with Crippen LogP contribution in [0.1, 0.15) is 12.8 Å². The lowest BCUT2D eigenvalue weighted by Gasteiger charge is -2.41. The molecule has 2 N–H and O–H groups in total. The Kier molecular flexibility index (Phi) is 2.51. The van der Waals surface area contributed by atoms with Crippen LogP contribution >= 0.6 is 0 Å². The highest BCUT2D eigenvalue weighted by atomic mass is 16.4. The maximum absolute atomic E-state index is 10.8. The fourth-order valence-corrected chi connectivity index (χ4v) is 2.32. The molecule has 0 saturated carbocycles. The van der Waals surface area contributed by atoms with Gasteiger partial charge in [-0.1, -0.05) is 0 Å². The van der Waals surface area contributed by atoms with E-state index in [-0.39, 0.29) is 5.92 Å². The SMILES string of the molecule is O=C(O)C1CCN2CCNCC2C1. The van der Waals surface area contributed by atoms with Crippen LogP contribution in [-0.2, 0) is 4.79 Å². The Morgan fingerprint density at radius 2 is 2.31 bits per heavy atom. The molecule has 4 nitrogen and oxygen atoms in total. The van der Waals surface area contributed by atoms with Crippen molar-refractivity contribution >= 4 is 5.97 Å². The van der Waals surface area contributed by atoms with E-state index in [0.29, 0.717) is 6.04 Å². The molecule has 0 aliphatic carbocycles. The van der Waals surface area contributed by atoms with E-state index >= 15 is 0 Å². The van der Waals surface area contributed by atoms with Crippen LogP contribution in [0.25, 0.3) is 0 Å². The third kappa shape index (κ3) is 1.84. The highest BCUT2D eigenvalue weighted by Gasteiger charge is 2.32. The van der Waals surface area contributed by atoms with Gasteiger partial charge >= 0.3 is 5.97 Å². The Morgan fingerprint density at radius 1 is 1.46 bits per heavy atom. The number of piperidine rings is 1. The van der Waals surface area contributed by atoms with Gasteiger partial charge in [0.05, 0.1) is 5.92 Å². The Balaban J connectivity index is 1.95. The van der Waals surface area contributed by atoms with E-state index in [9.17, 15) is 4.79 Å². The number of carbonyl (C=O) groups is 1. The first-order valence-corrected chi connectivity index (χ1v) is 4.95. The minimum Gasteiger partial charge on any atom is -0.481 e. The van der Waals surface area contributed by atoms with Gasteiger partial charge in [-0.25, -0.2) is 0 Å². The first kappa shape index (κ1) is 8.97. The number of nitrogens with one attached hydrogen (secondary N) is 1. The number of carboxylic acid groups (broad SMARTS) is 1. The van der Waals surface area contributed by atoms with Crippen molar-refractivity contribution in [2.45, 2.75) is 18.9 Å². The fraction of sp³-hybridized carbons (Fsp3) is 0.889. The smallest absolute Gasteiger partial charge is 0.306 e. The van der Waals surface area contributed by atoms with Crippen molar-refractivity contribution < 1.29 is 9.90 Å². The van der Waals surface area contributed by atoms with Gasteiger partial charge in [0.25, 0.3) is 0 Å². The van der Waals surface area contributed by atoms with Crippen LogP contribution in [0.4, 0.5) is 0 Å². The lowest BCUT2D eigenvalue weighted by atomic mass is 9.90. The van der Waals surface area contributed by atoms with Crippen LogP contribution in [0.3, 0.4) is 0 Å². The predicted octanol–water partition coefficient (Wildman–Crippen LogP) is -0.245. The highest BCUT2D eigenvalue weighted by molar-refractivity contribution is 5.70. The molecule has 74 valence electrons. The topological polar surface area (TPSA) is 52.6 Å². The molecule has 4 heteroatoms. The third-order valence-corrected chi connectivity index (χ3v) is 3.14. The Labute approximate surface area is 77.9 Å². The molecule has 2 fully saturated rings. The molecule has 0 bridgehead atoms. The summed E-state index contributed by atoms with van der Waals surface area (Å²) in [5, 5.41) is 12.2. The van der Waals surface area contributed by atoms with E-state index in [0.717, 1.165) is 39.0 Å². The van der Waals surface area contributed by atoms with Crippen molar-refractivity contribution in [3.63, 3.8) is 0 Å². The Hall–Kier alpha value is -0.610. The van der Waals surface area contributed by atoms with E-state index in [1.807, 2.05) is 0 Å². The van der Waals surface area contributed by atoms with Crippen molar-refractivity contribution in [1.29, 1.82) is 0 Å². The quantitative estimate of drug-likeness (QED) is 0.590. The molecule has 13 heavy (non-hydrogen) atoms. The molecule has 2 aliphatic rings. The number of hydrogen-bond donors (Lipinski definition) is 2. The van der Waals surface area contributed by atoms with Crippen LogP contribution in [0.2, 0.25) is 0 Å². The normalized spacial score (nSPS) is 35.4. The summed E-state index contributed by atoms with van der Waals surface area (Å²) >= 11 is 0. The van der Waals surface area contributed by atoms with Gasteiger partial charge in [0.1, 0.15) is 0 Å². The van der Waals surface area contributed by atoms with E-state index in [1.54, 1.807) is 0 Å². The number of nitrogens with zero attached hydrogens (tertiary/aromatic N) is 1. The second-order valence-electron chi connectivity index (χ2n) is 3.95. The summed E-state index contributed by atoms with van der Waals surface area (Å²) < 4.78 is 0. The van der Waals surface area contributed by atoms with E-state index in [1.165, 1.54) is 0 Å². The zero-order valence-electron chi connectivity index (χ0n) is 7.70. The standard InChI is InChI=1S/C9H16N2O2/c12-9(13)7-1-3-11-4-2-10-6-8(11)5-7/h7-8,10H,1-6H2,(H,12,13). The van der Waals surface area contributed by atoms with Gasteiger partial charge in [0.15, 0.2) is 0 Å². The van der Waals surface area contributed by atoms with Gasteiger partial charge in [0, 0.05) is 25.7 Å². The summed E-state index contributed by atoms with van der Waals surface area (Å²) in [6, 6.07) is 0.462. The molecule has 0 aromatic heterocycles. The predicted molar refractivity (Wildman–Crippen MR) is 48.6 cm³/mol. The van der Waals surface area contributed by atoms with Crippen LogP contribution in [0, 0.1) is 5.92 Å². The number of hydrogen-bond acceptors (Lipinski definition) is 3. The van der Waals surface area contributed by atoms with E-state index in [4.69, 9.17) is 5.11 Å². The molecule has 0 radical (unpaired) electrons. The molecular formula is C9H16N2O2. The third-order valence-electron chi connectivity index (χ3n) is 3.14. The summed E-state index contributed by atoms with van der Waals surface area (Å²) in [6.07, 6.45) is 1.65. The molecule has 0 amide bonds. The zero-order chi connectivity index (χ0) is 9.26. The van der Waals surface area contributed by atoms with E-state index < -0.39 is 5.97 Å². The van der Waals surface area contributed by atoms with Gasteiger partial charge in [-0.2, -0.15) is 0 Å². The first-order valence-electron chi connectivity index (χ1n) is 4.95. The molecule has 2 unspecified atom stereocenters. The minimum absolute atomic E-state index is 0.110. The second kappa shape index (κ2) is 3.64. The summed E-state index contributed by atoms with van der Waals surface area (Å²) in [5.41, 5.74) is 0. The fourth-order valence-electron chi connectivity index (χ4n) is 2.32. The summed E-state index contributed by atoms with van der Waals surface area (Å²) in [4.78, 5) is 13.2. The van der Waals surface area contributed by atoms with Gasteiger partial charge < -0.3 is 10.4 Å². The van der Waals surface area contributed by atoms with Gasteiger partial charge in [-0.3, -0.25) is 9.69 Å². The van der Waals surface area contributed by atoms with Crippen molar-refractivity contribution in [3.8, 4) is 0 Å². The average molecular weight is 184 g/mol. The van der Waals surface area contributed by atoms with Crippen LogP contribution in [0.5, 0.6) is 0 Å². The summed E-state index contributed by atoms with van der Waals surface area (Å²) in [5.74, 6) is -0.730. The lowest BCUT2D eigenvalue weighted by molar-refractivity contribution is -0.144. The van der Waals surface area contributed by atoms with Gasteiger partial charge in [0.2, 0.25) is 0 Å². The molecule has 0 aromatic carbocycles. The van der Waals surface area contributed by atoms with Gasteiger partial charge in [-0.05, 0) is 19.4 Å². The van der Waals surface area contributed by atoms with Crippen LogP contribution in [-0.4, -0.2) is 48.2 Å². The minimum atomic E-state index is -0.620. The number of fused-ring (bicyclic) bond motifs is 1. The molecule has 0 spiro atoms. The molecule has 2 rings (SSSR count). The maximum atomic E-state index is 10.8. The van der Waals surface area contributed by atoms with Crippen molar-refractivity contribution in [2.75, 3.05) is 26.2 Å². The zero-order valence-corrected chi connectivity index (χ0v) is 7.70. The number of carboxylic acids is 1. The molecular weight excluding hydrogens is 168 g/mol. The number of rotatable bonds is 1. The van der Waals surface area contributed by atoms with E-state index in [2.05, 4.69) is 10.2 Å². The summed E-state index contributed by atoms with van der Waals surface area (Å²) in [7, 11) is 0. The van der Waals surface area contributed by atoms with Crippen LogP contribution in [0.15, 0.2) is 0 Å². The Morgan fingerprint density at radius 3 is 3.08 bits per heavy atom. The summed E-state index contributed by atoms with van der Waals surface area (Å²) in [6.45, 7) is 4.05. The van der Waals surface area contributed by atoms with Crippen molar-refractivity contribution in [1.82, 2.24) is 10.2 Å². The van der Waals surface area contributed by atoms with Crippen LogP contribution < -0.4 is 5.32 Å². The number of piperazine rings is 1. The second-order valence-corrected chi connectivity index (χ2v) is 3.95. The highest BCUT2D eigenvalue weighted by Crippen LogP contribution is 2.23. The molecule has 0 aromatic rings. The van der Waals surface area contributed by atoms with Crippen molar-refractivity contribution in [2.24, 2.45) is 5.92 Å². The number of aliphatic carboxylic acids is 1.